The van der Waals surface area contributed by atoms with Gasteiger partial charge in [0.1, 0.15) is 11.3 Å². The summed E-state index contributed by atoms with van der Waals surface area (Å²) >= 11 is 0. The monoisotopic (exact) mass is 262 g/mol. The summed E-state index contributed by atoms with van der Waals surface area (Å²) in [5, 5.41) is 2.74. The molecule has 1 aliphatic rings. The Hall–Kier alpha value is -1.95. The summed E-state index contributed by atoms with van der Waals surface area (Å²) in [4.78, 5) is 18.9. The lowest BCUT2D eigenvalue weighted by molar-refractivity contribution is 0.0951. The minimum atomic E-state index is -0.464. The van der Waals surface area contributed by atoms with Crippen molar-refractivity contribution < 1.29 is 9.18 Å². The number of H-pyrrole nitrogens is 1. The molecule has 1 heterocycles. The Balaban J connectivity index is 1.78. The first-order valence-corrected chi connectivity index (χ1v) is 6.31. The molecular formula is C13H15FN4O. The molecule has 4 N–H and O–H groups in total. The number of nitrogens with zero attached hydrogens (tertiary/aromatic N) is 1. The van der Waals surface area contributed by atoms with E-state index in [4.69, 9.17) is 5.73 Å². The maximum absolute atomic E-state index is 13.4. The number of hydrogen-bond acceptors (Lipinski definition) is 3. The van der Waals surface area contributed by atoms with E-state index in [1.165, 1.54) is 18.5 Å². The van der Waals surface area contributed by atoms with E-state index in [0.717, 1.165) is 12.8 Å². The van der Waals surface area contributed by atoms with Crippen LogP contribution in [0.15, 0.2) is 18.5 Å². The van der Waals surface area contributed by atoms with Gasteiger partial charge in [-0.15, -0.1) is 0 Å². The van der Waals surface area contributed by atoms with Crippen LogP contribution >= 0.6 is 0 Å². The van der Waals surface area contributed by atoms with Crippen molar-refractivity contribution in [3.8, 4) is 0 Å². The minimum Gasteiger partial charge on any atom is -0.350 e. The first-order valence-electron chi connectivity index (χ1n) is 6.31. The summed E-state index contributed by atoms with van der Waals surface area (Å²) in [6.07, 6.45) is 3.69. The molecule has 1 aromatic heterocycles. The lowest BCUT2D eigenvalue weighted by atomic mass is 10.1. The van der Waals surface area contributed by atoms with Crippen molar-refractivity contribution in [1.82, 2.24) is 15.3 Å². The molecule has 0 spiro atoms. The average Bonchev–Trinajstić information content (AvgIpc) is 3.14. The van der Waals surface area contributed by atoms with Gasteiger partial charge < -0.3 is 16.0 Å². The molecule has 100 valence electrons. The van der Waals surface area contributed by atoms with Crippen molar-refractivity contribution in [1.29, 1.82) is 0 Å². The number of amides is 1. The van der Waals surface area contributed by atoms with Crippen molar-refractivity contribution >= 4 is 16.9 Å². The number of nitrogens with two attached hydrogens (primary N) is 1. The maximum Gasteiger partial charge on any atom is 0.253 e. The third-order valence-corrected chi connectivity index (χ3v) is 3.46. The zero-order valence-electron chi connectivity index (χ0n) is 10.3. The highest BCUT2D eigenvalue weighted by atomic mass is 19.1. The number of carbonyl (C=O) groups is 1. The van der Waals surface area contributed by atoms with E-state index in [9.17, 15) is 9.18 Å². The van der Waals surface area contributed by atoms with Crippen LogP contribution in [0.2, 0.25) is 0 Å². The fourth-order valence-corrected chi connectivity index (χ4v) is 2.18. The molecule has 19 heavy (non-hydrogen) atoms. The Bertz CT molecular complexity index is 620. The molecule has 3 rings (SSSR count). The second-order valence-electron chi connectivity index (χ2n) is 4.96. The Morgan fingerprint density at radius 3 is 3.11 bits per heavy atom. The number of benzene rings is 1. The van der Waals surface area contributed by atoms with Crippen molar-refractivity contribution in [3.63, 3.8) is 0 Å². The van der Waals surface area contributed by atoms with Crippen LogP contribution in [-0.2, 0) is 0 Å². The van der Waals surface area contributed by atoms with Crippen molar-refractivity contribution in [2.75, 3.05) is 6.54 Å². The smallest absolute Gasteiger partial charge is 0.253 e. The van der Waals surface area contributed by atoms with Gasteiger partial charge in [-0.25, -0.2) is 9.37 Å². The number of fused-ring (bicyclic) bond motifs is 1. The van der Waals surface area contributed by atoms with E-state index in [0.29, 0.717) is 23.5 Å². The maximum atomic E-state index is 13.4. The second kappa shape index (κ2) is 4.62. The topological polar surface area (TPSA) is 83.8 Å². The number of aromatic nitrogens is 2. The summed E-state index contributed by atoms with van der Waals surface area (Å²) in [6, 6.07) is 2.49. The van der Waals surface area contributed by atoms with Crippen molar-refractivity contribution in [2.45, 2.75) is 18.9 Å². The summed E-state index contributed by atoms with van der Waals surface area (Å²) in [5.41, 5.74) is 7.13. The van der Waals surface area contributed by atoms with Crippen LogP contribution in [0.5, 0.6) is 0 Å². The molecule has 1 amide bonds. The molecule has 1 saturated carbocycles. The van der Waals surface area contributed by atoms with E-state index < -0.39 is 5.82 Å². The summed E-state index contributed by atoms with van der Waals surface area (Å²) < 4.78 is 13.4. The van der Waals surface area contributed by atoms with E-state index in [2.05, 4.69) is 15.3 Å². The van der Waals surface area contributed by atoms with E-state index in [1.807, 2.05) is 0 Å². The Labute approximate surface area is 109 Å². The lowest BCUT2D eigenvalue weighted by Crippen LogP contribution is -2.38. The number of aromatic amines is 1. The highest BCUT2D eigenvalue weighted by Gasteiger charge is 2.28. The van der Waals surface area contributed by atoms with Crippen molar-refractivity contribution in [2.24, 2.45) is 11.7 Å². The molecule has 0 saturated heterocycles. The summed E-state index contributed by atoms with van der Waals surface area (Å²) in [7, 11) is 0. The molecule has 1 aliphatic carbocycles. The van der Waals surface area contributed by atoms with E-state index in [1.54, 1.807) is 0 Å². The van der Waals surface area contributed by atoms with Crippen LogP contribution in [0.4, 0.5) is 4.39 Å². The van der Waals surface area contributed by atoms with Crippen LogP contribution in [-0.4, -0.2) is 28.5 Å². The SMILES string of the molecule is NC(CNC(=O)c1cc(F)cc2[nH]cnc12)C1CC1. The number of imidazole rings is 1. The molecular weight excluding hydrogens is 247 g/mol. The standard InChI is InChI=1S/C13H15FN4O/c14-8-3-9(12-11(4-8)17-6-18-12)13(19)16-5-10(15)7-1-2-7/h3-4,6-7,10H,1-2,5,15H2,(H,16,19)(H,17,18). The molecule has 2 aromatic rings. The number of rotatable bonds is 4. The molecule has 1 unspecified atom stereocenters. The predicted octanol–water partition coefficient (Wildman–Crippen LogP) is 1.17. The summed E-state index contributed by atoms with van der Waals surface area (Å²) in [5.74, 6) is -0.292. The predicted molar refractivity (Wildman–Crippen MR) is 69.1 cm³/mol. The van der Waals surface area contributed by atoms with Gasteiger partial charge in [-0.05, 0) is 30.9 Å². The molecule has 6 heteroatoms. The van der Waals surface area contributed by atoms with Gasteiger partial charge in [-0.1, -0.05) is 0 Å². The van der Waals surface area contributed by atoms with Gasteiger partial charge in [0.25, 0.3) is 5.91 Å². The first-order chi connectivity index (χ1) is 9.15. The van der Waals surface area contributed by atoms with Crippen molar-refractivity contribution in [3.05, 3.63) is 29.8 Å². The van der Waals surface area contributed by atoms with Gasteiger partial charge in [0.05, 0.1) is 17.4 Å². The van der Waals surface area contributed by atoms with Crippen LogP contribution in [0.3, 0.4) is 0 Å². The molecule has 1 aromatic carbocycles. The van der Waals surface area contributed by atoms with E-state index >= 15 is 0 Å². The number of nitrogens with one attached hydrogen (secondary N) is 2. The Kier molecular flexibility index (Phi) is 2.94. The molecule has 0 aliphatic heterocycles. The van der Waals surface area contributed by atoms with Crippen LogP contribution in [0, 0.1) is 11.7 Å². The van der Waals surface area contributed by atoms with Gasteiger partial charge in [0, 0.05) is 12.6 Å². The van der Waals surface area contributed by atoms with Crippen LogP contribution < -0.4 is 11.1 Å². The Morgan fingerprint density at radius 2 is 2.37 bits per heavy atom. The molecule has 1 atom stereocenters. The van der Waals surface area contributed by atoms with Gasteiger partial charge in [0.15, 0.2) is 0 Å². The van der Waals surface area contributed by atoms with Gasteiger partial charge in [-0.2, -0.15) is 0 Å². The first kappa shape index (κ1) is 12.1. The molecule has 0 bridgehead atoms. The van der Waals surface area contributed by atoms with Gasteiger partial charge >= 0.3 is 0 Å². The fourth-order valence-electron chi connectivity index (χ4n) is 2.18. The third kappa shape index (κ3) is 2.44. The van der Waals surface area contributed by atoms with Gasteiger partial charge in [0.2, 0.25) is 0 Å². The Morgan fingerprint density at radius 1 is 1.58 bits per heavy atom. The highest BCUT2D eigenvalue weighted by molar-refractivity contribution is 6.04. The number of hydrogen-bond donors (Lipinski definition) is 3. The van der Waals surface area contributed by atoms with E-state index in [-0.39, 0.29) is 17.5 Å². The number of halogens is 1. The molecule has 1 fully saturated rings. The quantitative estimate of drug-likeness (QED) is 0.773. The zero-order chi connectivity index (χ0) is 13.4. The summed E-state index contributed by atoms with van der Waals surface area (Å²) in [6.45, 7) is 0.409. The molecule has 5 nitrogen and oxygen atoms in total. The van der Waals surface area contributed by atoms with Gasteiger partial charge in [-0.3, -0.25) is 4.79 Å². The second-order valence-corrected chi connectivity index (χ2v) is 4.96. The highest BCUT2D eigenvalue weighted by Crippen LogP contribution is 2.31. The normalized spacial score (nSPS) is 16.5. The minimum absolute atomic E-state index is 0.0211. The van der Waals surface area contributed by atoms with Crippen LogP contribution in [0.1, 0.15) is 23.2 Å². The number of carbonyl (C=O) groups excluding carboxylic acids is 1. The zero-order valence-corrected chi connectivity index (χ0v) is 10.3. The fraction of sp³-hybridized carbons (Fsp3) is 0.385. The largest absolute Gasteiger partial charge is 0.350 e. The van der Waals surface area contributed by atoms with Crippen LogP contribution in [0.25, 0.3) is 11.0 Å². The average molecular weight is 262 g/mol. The third-order valence-electron chi connectivity index (χ3n) is 3.46. The molecule has 0 radical (unpaired) electrons. The lowest BCUT2D eigenvalue weighted by Gasteiger charge is -2.11.